The Morgan fingerprint density at radius 1 is 1.10 bits per heavy atom. The van der Waals surface area contributed by atoms with Crippen LogP contribution in [0.15, 0.2) is 45.8 Å². The lowest BCUT2D eigenvalue weighted by molar-refractivity contribution is 0.601. The Kier molecular flexibility index (Phi) is 5.16. The second-order valence-corrected chi connectivity index (χ2v) is 7.52. The van der Waals surface area contributed by atoms with Crippen LogP contribution in [0.1, 0.15) is 5.56 Å². The first-order valence-electron chi connectivity index (χ1n) is 5.80. The third kappa shape index (κ3) is 3.90. The van der Waals surface area contributed by atoms with Gasteiger partial charge in [0.15, 0.2) is 0 Å². The van der Waals surface area contributed by atoms with Gasteiger partial charge >= 0.3 is 0 Å². The molecule has 2 aromatic rings. The fraction of sp³-hybridized carbons (Fsp3) is 0.0769. The molecule has 0 amide bonds. The summed E-state index contributed by atoms with van der Waals surface area (Å²) in [7, 11) is -3.81. The number of hydrogen-bond donors (Lipinski definition) is 2. The summed E-state index contributed by atoms with van der Waals surface area (Å²) in [6.07, 6.45) is 0. The highest BCUT2D eigenvalue weighted by Crippen LogP contribution is 2.29. The van der Waals surface area contributed by atoms with E-state index >= 15 is 0 Å². The Balaban J connectivity index is 2.40. The van der Waals surface area contributed by atoms with Crippen molar-refractivity contribution in [1.29, 1.82) is 0 Å². The average molecular weight is 410 g/mol. The summed E-state index contributed by atoms with van der Waals surface area (Å²) in [4.78, 5) is -0.0156. The number of nitrogens with one attached hydrogen (secondary N) is 1. The molecular weight excluding hydrogens is 399 g/mol. The first-order valence-corrected chi connectivity index (χ1v) is 8.83. The first-order chi connectivity index (χ1) is 9.83. The van der Waals surface area contributed by atoms with E-state index < -0.39 is 10.0 Å². The van der Waals surface area contributed by atoms with Crippen molar-refractivity contribution < 1.29 is 8.42 Å². The van der Waals surface area contributed by atoms with E-state index in [1.54, 1.807) is 24.3 Å². The maximum atomic E-state index is 12.4. The van der Waals surface area contributed by atoms with Crippen molar-refractivity contribution in [2.24, 2.45) is 5.73 Å². The van der Waals surface area contributed by atoms with E-state index in [-0.39, 0.29) is 16.5 Å². The minimum absolute atomic E-state index is 0.0156. The van der Waals surface area contributed by atoms with Gasteiger partial charge in [0.2, 0.25) is 0 Å². The van der Waals surface area contributed by atoms with Crippen molar-refractivity contribution in [1.82, 2.24) is 0 Å². The first kappa shape index (κ1) is 16.6. The number of rotatable bonds is 4. The molecule has 0 aliphatic heterocycles. The van der Waals surface area contributed by atoms with Gasteiger partial charge in [0, 0.05) is 11.0 Å². The van der Waals surface area contributed by atoms with E-state index in [4.69, 9.17) is 28.9 Å². The third-order valence-electron chi connectivity index (χ3n) is 2.69. The second kappa shape index (κ2) is 6.54. The van der Waals surface area contributed by atoms with Gasteiger partial charge in [-0.25, -0.2) is 8.42 Å². The molecule has 0 bridgehead atoms. The molecule has 0 fully saturated rings. The molecule has 0 aromatic heterocycles. The maximum absolute atomic E-state index is 12.4. The van der Waals surface area contributed by atoms with Crippen molar-refractivity contribution in [3.05, 3.63) is 56.5 Å². The number of benzene rings is 2. The monoisotopic (exact) mass is 408 g/mol. The largest absolute Gasteiger partial charge is 0.326 e. The van der Waals surface area contributed by atoms with Crippen LogP contribution >= 0.6 is 39.1 Å². The molecule has 0 unspecified atom stereocenters. The summed E-state index contributed by atoms with van der Waals surface area (Å²) in [6.45, 7) is 0.228. The van der Waals surface area contributed by atoms with Crippen LogP contribution in [0, 0.1) is 0 Å². The summed E-state index contributed by atoms with van der Waals surface area (Å²) < 4.78 is 27.8. The SMILES string of the molecule is NCc1ccc(Cl)c(S(=O)(=O)Nc2ccc(Cl)c(Br)c2)c1. The lowest BCUT2D eigenvalue weighted by atomic mass is 10.2. The van der Waals surface area contributed by atoms with E-state index in [0.29, 0.717) is 20.7 Å². The van der Waals surface area contributed by atoms with Crippen LogP contribution in [0.2, 0.25) is 10.0 Å². The van der Waals surface area contributed by atoms with Crippen LogP contribution in [0.3, 0.4) is 0 Å². The fourth-order valence-electron chi connectivity index (χ4n) is 1.65. The number of nitrogens with two attached hydrogens (primary N) is 1. The molecule has 4 nitrogen and oxygen atoms in total. The molecule has 8 heteroatoms. The Hall–Kier alpha value is -0.790. The van der Waals surface area contributed by atoms with E-state index in [0.717, 1.165) is 0 Å². The number of sulfonamides is 1. The van der Waals surface area contributed by atoms with Crippen LogP contribution in [-0.4, -0.2) is 8.42 Å². The van der Waals surface area contributed by atoms with Gasteiger partial charge in [0.1, 0.15) is 4.90 Å². The zero-order valence-corrected chi connectivity index (χ0v) is 14.5. The average Bonchev–Trinajstić information content (AvgIpc) is 2.43. The molecular formula is C13H11BrCl2N2O2S. The van der Waals surface area contributed by atoms with Crippen LogP contribution in [0.25, 0.3) is 0 Å². The normalized spacial score (nSPS) is 11.4. The smallest absolute Gasteiger partial charge is 0.263 e. The van der Waals surface area contributed by atoms with Gasteiger partial charge in [-0.1, -0.05) is 29.3 Å². The lowest BCUT2D eigenvalue weighted by Crippen LogP contribution is -2.14. The number of anilines is 1. The van der Waals surface area contributed by atoms with Crippen LogP contribution in [0.5, 0.6) is 0 Å². The molecule has 0 spiro atoms. The van der Waals surface area contributed by atoms with E-state index in [2.05, 4.69) is 20.7 Å². The maximum Gasteiger partial charge on any atom is 0.263 e. The molecule has 2 aromatic carbocycles. The Bertz CT molecular complexity index is 782. The number of halogens is 3. The Labute approximate surface area is 141 Å². The minimum Gasteiger partial charge on any atom is -0.326 e. The minimum atomic E-state index is -3.81. The van der Waals surface area contributed by atoms with Crippen molar-refractivity contribution in [2.75, 3.05) is 4.72 Å². The highest BCUT2D eigenvalue weighted by Gasteiger charge is 2.19. The van der Waals surface area contributed by atoms with Gasteiger partial charge in [-0.3, -0.25) is 4.72 Å². The molecule has 21 heavy (non-hydrogen) atoms. The highest BCUT2D eigenvalue weighted by atomic mass is 79.9. The molecule has 0 heterocycles. The molecule has 0 aliphatic carbocycles. The van der Waals surface area contributed by atoms with Gasteiger partial charge < -0.3 is 5.73 Å². The summed E-state index contributed by atoms with van der Waals surface area (Å²) in [6, 6.07) is 9.36. The van der Waals surface area contributed by atoms with Gasteiger partial charge in [-0.2, -0.15) is 0 Å². The number of hydrogen-bond acceptors (Lipinski definition) is 3. The molecule has 112 valence electrons. The van der Waals surface area contributed by atoms with Gasteiger partial charge in [0.25, 0.3) is 10.0 Å². The van der Waals surface area contributed by atoms with Gasteiger partial charge in [-0.05, 0) is 51.8 Å². The summed E-state index contributed by atoms with van der Waals surface area (Å²) in [5, 5.41) is 0.619. The Morgan fingerprint density at radius 2 is 1.76 bits per heavy atom. The van der Waals surface area contributed by atoms with Gasteiger partial charge in [0.05, 0.1) is 15.7 Å². The summed E-state index contributed by atoms with van der Waals surface area (Å²) >= 11 is 15.1. The van der Waals surface area contributed by atoms with E-state index in [9.17, 15) is 8.42 Å². The Morgan fingerprint density at radius 3 is 2.38 bits per heavy atom. The molecule has 0 radical (unpaired) electrons. The zero-order valence-electron chi connectivity index (χ0n) is 10.6. The molecule has 0 aliphatic rings. The highest BCUT2D eigenvalue weighted by molar-refractivity contribution is 9.10. The van der Waals surface area contributed by atoms with Crippen molar-refractivity contribution in [2.45, 2.75) is 11.4 Å². The fourth-order valence-corrected chi connectivity index (χ4v) is 3.75. The summed E-state index contributed by atoms with van der Waals surface area (Å²) in [5.41, 5.74) is 6.58. The molecule has 2 rings (SSSR count). The van der Waals surface area contributed by atoms with Crippen LogP contribution in [-0.2, 0) is 16.6 Å². The van der Waals surface area contributed by atoms with Crippen LogP contribution < -0.4 is 10.5 Å². The van der Waals surface area contributed by atoms with Crippen molar-refractivity contribution in [3.8, 4) is 0 Å². The van der Waals surface area contributed by atoms with Crippen LogP contribution in [0.4, 0.5) is 5.69 Å². The molecule has 0 saturated heterocycles. The molecule has 0 saturated carbocycles. The predicted molar refractivity (Wildman–Crippen MR) is 89.3 cm³/mol. The van der Waals surface area contributed by atoms with E-state index in [1.165, 1.54) is 12.1 Å². The van der Waals surface area contributed by atoms with Crippen molar-refractivity contribution >= 4 is 54.8 Å². The predicted octanol–water partition coefficient (Wildman–Crippen LogP) is 4.02. The third-order valence-corrected chi connectivity index (χ3v) is 5.77. The quantitative estimate of drug-likeness (QED) is 0.800. The topological polar surface area (TPSA) is 72.2 Å². The summed E-state index contributed by atoms with van der Waals surface area (Å²) in [5.74, 6) is 0. The van der Waals surface area contributed by atoms with E-state index in [1.807, 2.05) is 0 Å². The van der Waals surface area contributed by atoms with Crippen molar-refractivity contribution in [3.63, 3.8) is 0 Å². The molecule has 0 atom stereocenters. The van der Waals surface area contributed by atoms with Gasteiger partial charge in [-0.15, -0.1) is 0 Å². The molecule has 3 N–H and O–H groups in total. The zero-order chi connectivity index (χ0) is 15.6. The lowest BCUT2D eigenvalue weighted by Gasteiger charge is -2.11. The standard InChI is InChI=1S/C13H11BrCl2N2O2S/c14-10-6-9(2-4-11(10)15)18-21(19,20)13-5-8(7-17)1-3-12(13)16/h1-6,18H,7,17H2. The second-order valence-electron chi connectivity index (χ2n) is 4.20.